The third kappa shape index (κ3) is 9.61. The monoisotopic (exact) mass is 686 g/mol. The van der Waals surface area contributed by atoms with Gasteiger partial charge in [-0.1, -0.05) is 6.07 Å². The molecule has 3 rings (SSSR count). The molecular weight excluding hydrogens is 648 g/mol. The minimum atomic E-state index is -2.50. The number of hydrogen-bond acceptors (Lipinski definition) is 18. The number of aliphatic hydroxyl groups excluding tert-OH is 3. The summed E-state index contributed by atoms with van der Waals surface area (Å²) in [6, 6.07) is 4.19. The van der Waals surface area contributed by atoms with Crippen molar-refractivity contribution in [3.8, 4) is 11.5 Å². The summed E-state index contributed by atoms with van der Waals surface area (Å²) in [5.41, 5.74) is 0.397. The minimum absolute atomic E-state index is 0.115. The molecular formula is C30H38O18. The highest BCUT2D eigenvalue weighted by atomic mass is 16.8. The van der Waals surface area contributed by atoms with Gasteiger partial charge in [-0.3, -0.25) is 19.2 Å². The van der Waals surface area contributed by atoms with E-state index in [1.54, 1.807) is 0 Å². The number of rotatable bonds is 13. The van der Waals surface area contributed by atoms with Gasteiger partial charge in [0.25, 0.3) is 0 Å². The van der Waals surface area contributed by atoms with Crippen molar-refractivity contribution < 1.29 is 87.0 Å². The molecule has 266 valence electrons. The van der Waals surface area contributed by atoms with Crippen molar-refractivity contribution in [2.45, 2.75) is 82.5 Å². The standard InChI is InChI=1S/C30H38O18/c1-14(32)41-12-22-24(38)26(43-16(3)34)27(44-17(4)35)29(45-22)48-30(13-42-15(2)33)28(25(39)21(11-31)47-30)46-23(37)9-7-18-6-8-19(36)20(10-18)40-5/h6-10,21-22,24-29,31,36,38-39H,11-13H2,1-5H3/t21-,22+,24-,25-,26+,27-,28+,29-,30-/m1/s1. The summed E-state index contributed by atoms with van der Waals surface area (Å²) in [6.07, 6.45) is -11.6. The minimum Gasteiger partial charge on any atom is -0.504 e. The van der Waals surface area contributed by atoms with Crippen LogP contribution in [0.2, 0.25) is 0 Å². The number of esters is 5. The molecule has 0 amide bonds. The van der Waals surface area contributed by atoms with Crippen molar-refractivity contribution >= 4 is 35.9 Å². The third-order valence-electron chi connectivity index (χ3n) is 6.98. The highest BCUT2D eigenvalue weighted by molar-refractivity contribution is 5.87. The van der Waals surface area contributed by atoms with Crippen molar-refractivity contribution in [3.05, 3.63) is 29.8 Å². The summed E-state index contributed by atoms with van der Waals surface area (Å²) in [5, 5.41) is 41.8. The number of ether oxygens (including phenoxy) is 9. The molecule has 2 heterocycles. The molecule has 18 heteroatoms. The lowest BCUT2D eigenvalue weighted by Gasteiger charge is -2.45. The van der Waals surface area contributed by atoms with E-state index in [1.807, 2.05) is 0 Å². The maximum atomic E-state index is 13.1. The van der Waals surface area contributed by atoms with Gasteiger partial charge in [0, 0.05) is 33.8 Å². The first kappa shape index (κ1) is 38.1. The molecule has 2 fully saturated rings. The summed E-state index contributed by atoms with van der Waals surface area (Å²) >= 11 is 0. The zero-order chi connectivity index (χ0) is 35.8. The van der Waals surface area contributed by atoms with Gasteiger partial charge in [-0.2, -0.15) is 0 Å². The van der Waals surface area contributed by atoms with Crippen molar-refractivity contribution in [1.82, 2.24) is 0 Å². The quantitative estimate of drug-likeness (QED) is 0.109. The largest absolute Gasteiger partial charge is 0.504 e. The number of methoxy groups -OCH3 is 1. The SMILES string of the molecule is COc1cc(C=CC(=O)O[C@H]2[C@H](O)[C@@H](CO)O[C@]2(COC(C)=O)O[C@H]2O[C@@H](COC(C)=O)[C@@H](O)[C@H](OC(C)=O)[C@H]2OC(C)=O)ccc1O. The van der Waals surface area contributed by atoms with Crippen molar-refractivity contribution in [3.63, 3.8) is 0 Å². The molecule has 0 spiro atoms. The maximum Gasteiger partial charge on any atom is 0.331 e. The molecule has 2 aliphatic rings. The van der Waals surface area contributed by atoms with E-state index in [-0.39, 0.29) is 11.5 Å². The molecule has 0 aromatic heterocycles. The first-order valence-electron chi connectivity index (χ1n) is 14.5. The zero-order valence-corrected chi connectivity index (χ0v) is 26.6. The predicted molar refractivity (Wildman–Crippen MR) is 154 cm³/mol. The number of hydrogen-bond donors (Lipinski definition) is 4. The Balaban J connectivity index is 2.04. The van der Waals surface area contributed by atoms with E-state index >= 15 is 0 Å². The highest BCUT2D eigenvalue weighted by Crippen LogP contribution is 2.40. The molecule has 0 bridgehead atoms. The number of phenols is 1. The van der Waals surface area contributed by atoms with E-state index in [1.165, 1.54) is 31.4 Å². The molecule has 0 aliphatic carbocycles. The maximum absolute atomic E-state index is 13.1. The molecule has 0 unspecified atom stereocenters. The summed E-state index contributed by atoms with van der Waals surface area (Å²) in [5.74, 6) is -7.14. The van der Waals surface area contributed by atoms with E-state index in [2.05, 4.69) is 0 Å². The van der Waals surface area contributed by atoms with Crippen LogP contribution in [-0.4, -0.2) is 132 Å². The van der Waals surface area contributed by atoms with Crippen LogP contribution in [-0.2, 0) is 61.9 Å². The van der Waals surface area contributed by atoms with Crippen LogP contribution >= 0.6 is 0 Å². The fraction of sp³-hybridized carbons (Fsp3) is 0.567. The smallest absolute Gasteiger partial charge is 0.331 e. The Morgan fingerprint density at radius 1 is 0.875 bits per heavy atom. The van der Waals surface area contributed by atoms with Crippen LogP contribution in [0.5, 0.6) is 11.5 Å². The molecule has 1 aromatic rings. The third-order valence-corrected chi connectivity index (χ3v) is 6.98. The molecule has 4 N–H and O–H groups in total. The number of carbonyl (C=O) groups excluding carboxylic acids is 5. The Bertz CT molecular complexity index is 1360. The number of carbonyl (C=O) groups is 5. The van der Waals surface area contributed by atoms with E-state index in [4.69, 9.17) is 42.6 Å². The Kier molecular flexibility index (Phi) is 13.2. The fourth-order valence-corrected chi connectivity index (χ4v) is 4.89. The molecule has 0 radical (unpaired) electrons. The Morgan fingerprint density at radius 3 is 2.10 bits per heavy atom. The van der Waals surface area contributed by atoms with Crippen molar-refractivity contribution in [1.29, 1.82) is 0 Å². The second kappa shape index (κ2) is 16.7. The molecule has 9 atom stereocenters. The average Bonchev–Trinajstić information content (AvgIpc) is 3.27. The highest BCUT2D eigenvalue weighted by Gasteiger charge is 2.62. The topological polar surface area (TPSA) is 249 Å². The normalized spacial score (nSPS) is 29.9. The van der Waals surface area contributed by atoms with Gasteiger partial charge in [-0.25, -0.2) is 4.79 Å². The van der Waals surface area contributed by atoms with Crippen LogP contribution in [0.4, 0.5) is 0 Å². The lowest BCUT2D eigenvalue weighted by atomic mass is 9.98. The first-order valence-corrected chi connectivity index (χ1v) is 14.5. The van der Waals surface area contributed by atoms with Crippen molar-refractivity contribution in [2.75, 3.05) is 26.9 Å². The molecule has 1 aromatic carbocycles. The van der Waals surface area contributed by atoms with Gasteiger partial charge in [0.05, 0.1) is 13.7 Å². The lowest BCUT2D eigenvalue weighted by molar-refractivity contribution is -0.384. The molecule has 2 aliphatic heterocycles. The van der Waals surface area contributed by atoms with Gasteiger partial charge in [0.15, 0.2) is 29.8 Å². The second-order valence-corrected chi connectivity index (χ2v) is 10.6. The summed E-state index contributed by atoms with van der Waals surface area (Å²) in [7, 11) is 1.33. The van der Waals surface area contributed by atoms with Gasteiger partial charge in [0.1, 0.15) is 37.6 Å². The Morgan fingerprint density at radius 2 is 1.52 bits per heavy atom. The second-order valence-electron chi connectivity index (χ2n) is 10.6. The van der Waals surface area contributed by atoms with E-state index in [0.717, 1.165) is 33.8 Å². The Labute approximate surface area is 273 Å². The van der Waals surface area contributed by atoms with Crippen LogP contribution in [0, 0.1) is 0 Å². The van der Waals surface area contributed by atoms with E-state index < -0.39 is 104 Å². The zero-order valence-electron chi connectivity index (χ0n) is 26.6. The van der Waals surface area contributed by atoms with Crippen LogP contribution in [0.15, 0.2) is 24.3 Å². The number of aliphatic hydroxyl groups is 3. The Hall–Kier alpha value is -4.33. The van der Waals surface area contributed by atoms with Crippen LogP contribution in [0.3, 0.4) is 0 Å². The van der Waals surface area contributed by atoms with E-state index in [0.29, 0.717) is 5.56 Å². The fourth-order valence-electron chi connectivity index (χ4n) is 4.89. The number of benzene rings is 1. The molecule has 0 saturated carbocycles. The molecule has 48 heavy (non-hydrogen) atoms. The summed E-state index contributed by atoms with van der Waals surface area (Å²) < 4.78 is 48.8. The summed E-state index contributed by atoms with van der Waals surface area (Å²) in [4.78, 5) is 60.6. The lowest BCUT2D eigenvalue weighted by Crippen LogP contribution is -2.65. The van der Waals surface area contributed by atoms with Crippen LogP contribution < -0.4 is 4.74 Å². The van der Waals surface area contributed by atoms with Gasteiger partial charge in [0.2, 0.25) is 12.1 Å². The van der Waals surface area contributed by atoms with Gasteiger partial charge in [-0.05, 0) is 23.8 Å². The summed E-state index contributed by atoms with van der Waals surface area (Å²) in [6.45, 7) is 1.74. The number of phenolic OH excluding ortho intramolecular Hbond substituents is 1. The van der Waals surface area contributed by atoms with Gasteiger partial charge < -0.3 is 63.1 Å². The van der Waals surface area contributed by atoms with Crippen LogP contribution in [0.1, 0.15) is 33.3 Å². The molecule has 18 nitrogen and oxygen atoms in total. The van der Waals surface area contributed by atoms with Gasteiger partial charge >= 0.3 is 29.8 Å². The first-order chi connectivity index (χ1) is 22.6. The molecule has 2 saturated heterocycles. The predicted octanol–water partition coefficient (Wildman–Crippen LogP) is -1.13. The average molecular weight is 687 g/mol. The van der Waals surface area contributed by atoms with Crippen molar-refractivity contribution in [2.24, 2.45) is 0 Å². The van der Waals surface area contributed by atoms with Gasteiger partial charge in [-0.15, -0.1) is 0 Å². The van der Waals surface area contributed by atoms with Crippen LogP contribution in [0.25, 0.3) is 6.08 Å². The number of aromatic hydroxyl groups is 1. The van der Waals surface area contributed by atoms with E-state index in [9.17, 15) is 44.4 Å².